The van der Waals surface area contributed by atoms with E-state index in [9.17, 15) is 9.59 Å². The number of nitrogens with one attached hydrogen (secondary N) is 1. The van der Waals surface area contributed by atoms with E-state index in [-0.39, 0.29) is 12.3 Å². The highest BCUT2D eigenvalue weighted by Crippen LogP contribution is 2.31. The lowest BCUT2D eigenvalue weighted by Gasteiger charge is -2.36. The molecule has 1 heterocycles. The fourth-order valence-electron chi connectivity index (χ4n) is 2.71. The van der Waals surface area contributed by atoms with Crippen molar-refractivity contribution in [3.8, 4) is 0 Å². The molecule has 2 rings (SSSR count). The predicted octanol–water partition coefficient (Wildman–Crippen LogP) is 3.06. The normalized spacial score (nSPS) is 18.0. The third-order valence-corrected chi connectivity index (χ3v) is 4.47. The van der Waals surface area contributed by atoms with Crippen molar-refractivity contribution < 1.29 is 14.7 Å². The molecule has 0 unspecified atom stereocenters. The van der Waals surface area contributed by atoms with Crippen LogP contribution in [0.5, 0.6) is 0 Å². The number of amides is 1. The summed E-state index contributed by atoms with van der Waals surface area (Å²) < 4.78 is 0. The monoisotopic (exact) mass is 293 g/mol. The Bertz CT molecular complexity index is 487. The van der Waals surface area contributed by atoms with Gasteiger partial charge in [-0.05, 0) is 30.4 Å². The summed E-state index contributed by atoms with van der Waals surface area (Å²) in [6.45, 7) is 0. The van der Waals surface area contributed by atoms with Crippen LogP contribution in [0.15, 0.2) is 23.6 Å². The predicted molar refractivity (Wildman–Crippen MR) is 79.6 cm³/mol. The van der Waals surface area contributed by atoms with E-state index in [4.69, 9.17) is 5.11 Å². The summed E-state index contributed by atoms with van der Waals surface area (Å²) in [4.78, 5) is 24.0. The van der Waals surface area contributed by atoms with Gasteiger partial charge in [0.1, 0.15) is 0 Å². The highest BCUT2D eigenvalue weighted by Gasteiger charge is 2.35. The topological polar surface area (TPSA) is 66.4 Å². The van der Waals surface area contributed by atoms with E-state index >= 15 is 0 Å². The Morgan fingerprint density at radius 2 is 2.10 bits per heavy atom. The third-order valence-electron chi connectivity index (χ3n) is 3.63. The van der Waals surface area contributed by atoms with Gasteiger partial charge in [0.25, 0.3) is 0 Å². The third kappa shape index (κ3) is 4.20. The van der Waals surface area contributed by atoms with Crippen molar-refractivity contribution in [1.29, 1.82) is 0 Å². The van der Waals surface area contributed by atoms with Gasteiger partial charge in [-0.2, -0.15) is 0 Å². The number of carboxylic acids is 1. The lowest BCUT2D eigenvalue weighted by atomic mass is 9.79. The molecule has 0 aromatic carbocycles. The minimum atomic E-state index is -0.852. The van der Waals surface area contributed by atoms with Gasteiger partial charge in [0.2, 0.25) is 5.91 Å². The Hall–Kier alpha value is -1.62. The summed E-state index contributed by atoms with van der Waals surface area (Å²) in [5, 5.41) is 13.9. The van der Waals surface area contributed by atoms with Crippen molar-refractivity contribution in [2.45, 2.75) is 44.1 Å². The lowest BCUT2D eigenvalue weighted by Crippen LogP contribution is -2.50. The average Bonchev–Trinajstić information content (AvgIpc) is 2.89. The van der Waals surface area contributed by atoms with Crippen molar-refractivity contribution in [2.24, 2.45) is 0 Å². The maximum atomic E-state index is 12.0. The van der Waals surface area contributed by atoms with Crippen molar-refractivity contribution in [2.75, 3.05) is 0 Å². The molecular formula is C15H19NO3S. The van der Waals surface area contributed by atoms with Gasteiger partial charge in [-0.1, -0.05) is 25.3 Å². The number of carbonyl (C=O) groups is 2. The van der Waals surface area contributed by atoms with Crippen LogP contribution in [-0.4, -0.2) is 22.5 Å². The molecule has 1 aromatic rings. The molecule has 1 aliphatic carbocycles. The highest BCUT2D eigenvalue weighted by atomic mass is 32.1. The van der Waals surface area contributed by atoms with E-state index in [1.54, 1.807) is 17.4 Å². The van der Waals surface area contributed by atoms with E-state index in [1.165, 1.54) is 6.08 Å². The summed E-state index contributed by atoms with van der Waals surface area (Å²) in [6.07, 6.45) is 7.81. The fourth-order valence-corrected chi connectivity index (χ4v) is 3.33. The Morgan fingerprint density at radius 3 is 2.70 bits per heavy atom. The summed E-state index contributed by atoms with van der Waals surface area (Å²) in [6, 6.07) is 3.86. The van der Waals surface area contributed by atoms with Crippen LogP contribution in [0, 0.1) is 0 Å². The first kappa shape index (κ1) is 14.8. The van der Waals surface area contributed by atoms with Crippen molar-refractivity contribution in [3.05, 3.63) is 28.5 Å². The van der Waals surface area contributed by atoms with E-state index in [0.29, 0.717) is 0 Å². The van der Waals surface area contributed by atoms with Crippen molar-refractivity contribution in [3.63, 3.8) is 0 Å². The van der Waals surface area contributed by atoms with Gasteiger partial charge in [0.05, 0.1) is 12.0 Å². The van der Waals surface area contributed by atoms with Gasteiger partial charge in [0.15, 0.2) is 0 Å². The molecule has 1 aliphatic rings. The zero-order chi connectivity index (χ0) is 14.4. The lowest BCUT2D eigenvalue weighted by molar-refractivity contribution is -0.139. The number of aliphatic carboxylic acids is 1. The molecule has 2 N–H and O–H groups in total. The molecule has 108 valence electrons. The zero-order valence-corrected chi connectivity index (χ0v) is 12.1. The molecule has 0 saturated heterocycles. The summed E-state index contributed by atoms with van der Waals surface area (Å²) in [7, 11) is 0. The highest BCUT2D eigenvalue weighted by molar-refractivity contribution is 7.10. The molecule has 20 heavy (non-hydrogen) atoms. The maximum Gasteiger partial charge on any atom is 0.305 e. The molecule has 1 saturated carbocycles. The Kier molecular flexibility index (Phi) is 4.95. The van der Waals surface area contributed by atoms with Crippen LogP contribution in [0.1, 0.15) is 43.4 Å². The molecule has 4 nitrogen and oxygen atoms in total. The Labute approximate surface area is 122 Å². The van der Waals surface area contributed by atoms with Gasteiger partial charge < -0.3 is 10.4 Å². The molecule has 0 bridgehead atoms. The molecule has 0 spiro atoms. The standard InChI is InChI=1S/C15H19NO3S/c17-13(7-6-12-5-4-10-20-12)16-15(11-14(18)19)8-2-1-3-9-15/h4-7,10H,1-3,8-9,11H2,(H,16,17)(H,18,19). The van der Waals surface area contributed by atoms with Gasteiger partial charge in [-0.3, -0.25) is 9.59 Å². The SMILES string of the molecule is O=C(O)CC1(NC(=O)C=Cc2cccs2)CCCCC1. The number of hydrogen-bond acceptors (Lipinski definition) is 3. The van der Waals surface area contributed by atoms with Crippen molar-refractivity contribution in [1.82, 2.24) is 5.32 Å². The summed E-state index contributed by atoms with van der Waals surface area (Å²) in [5.74, 6) is -1.06. The maximum absolute atomic E-state index is 12.0. The van der Waals surface area contributed by atoms with Gasteiger partial charge in [-0.25, -0.2) is 0 Å². The van der Waals surface area contributed by atoms with Crippen LogP contribution in [0.25, 0.3) is 6.08 Å². The molecule has 0 radical (unpaired) electrons. The van der Waals surface area contributed by atoms with Crippen LogP contribution >= 0.6 is 11.3 Å². The summed E-state index contributed by atoms with van der Waals surface area (Å²) in [5.41, 5.74) is -0.568. The van der Waals surface area contributed by atoms with E-state index in [1.807, 2.05) is 17.5 Å². The Morgan fingerprint density at radius 1 is 1.35 bits per heavy atom. The summed E-state index contributed by atoms with van der Waals surface area (Å²) >= 11 is 1.56. The van der Waals surface area contributed by atoms with Gasteiger partial charge in [0, 0.05) is 11.0 Å². The van der Waals surface area contributed by atoms with Crippen LogP contribution in [0.4, 0.5) is 0 Å². The van der Waals surface area contributed by atoms with Crippen LogP contribution in [-0.2, 0) is 9.59 Å². The first-order valence-electron chi connectivity index (χ1n) is 6.85. The number of rotatable bonds is 5. The first-order valence-corrected chi connectivity index (χ1v) is 7.73. The minimum Gasteiger partial charge on any atom is -0.481 e. The van der Waals surface area contributed by atoms with Gasteiger partial charge >= 0.3 is 5.97 Å². The zero-order valence-electron chi connectivity index (χ0n) is 11.3. The fraction of sp³-hybridized carbons (Fsp3) is 0.467. The second-order valence-electron chi connectivity index (χ2n) is 5.25. The first-order chi connectivity index (χ1) is 9.60. The number of thiophene rings is 1. The largest absolute Gasteiger partial charge is 0.481 e. The van der Waals surface area contributed by atoms with Crippen LogP contribution in [0.3, 0.4) is 0 Å². The second-order valence-corrected chi connectivity index (χ2v) is 6.23. The quantitative estimate of drug-likeness (QED) is 0.820. The molecule has 1 fully saturated rings. The van der Waals surface area contributed by atoms with E-state index in [0.717, 1.165) is 37.0 Å². The van der Waals surface area contributed by atoms with E-state index < -0.39 is 11.5 Å². The second kappa shape index (κ2) is 6.70. The Balaban J connectivity index is 1.99. The number of carboxylic acid groups (broad SMARTS) is 1. The molecule has 1 aromatic heterocycles. The molecule has 0 aliphatic heterocycles. The van der Waals surface area contributed by atoms with Crippen LogP contribution < -0.4 is 5.32 Å². The average molecular weight is 293 g/mol. The van der Waals surface area contributed by atoms with Crippen LogP contribution in [0.2, 0.25) is 0 Å². The van der Waals surface area contributed by atoms with Crippen molar-refractivity contribution >= 4 is 29.3 Å². The minimum absolute atomic E-state index is 0.00554. The molecule has 0 atom stereocenters. The number of hydrogen-bond donors (Lipinski definition) is 2. The molecule has 5 heteroatoms. The van der Waals surface area contributed by atoms with E-state index in [2.05, 4.69) is 5.32 Å². The number of carbonyl (C=O) groups excluding carboxylic acids is 1. The molecular weight excluding hydrogens is 274 g/mol. The molecule has 1 amide bonds. The smallest absolute Gasteiger partial charge is 0.305 e. The van der Waals surface area contributed by atoms with Gasteiger partial charge in [-0.15, -0.1) is 11.3 Å².